The molecular weight excluding hydrogens is 364 g/mol. The third kappa shape index (κ3) is 2.10. The molecule has 2 fully saturated rings. The highest BCUT2D eigenvalue weighted by Crippen LogP contribution is 2.60. The van der Waals surface area contributed by atoms with Gasteiger partial charge in [0.15, 0.2) is 17.1 Å². The summed E-state index contributed by atoms with van der Waals surface area (Å²) in [6.07, 6.45) is 2.59. The van der Waals surface area contributed by atoms with E-state index < -0.39 is 34.6 Å². The number of benzene rings is 2. The lowest BCUT2D eigenvalue weighted by atomic mass is 9.73. The molecule has 4 N–H and O–H groups in total. The second kappa shape index (κ2) is 5.64. The molecule has 2 saturated carbocycles. The lowest BCUT2D eigenvalue weighted by molar-refractivity contribution is -0.144. The van der Waals surface area contributed by atoms with Crippen LogP contribution in [-0.2, 0) is 4.79 Å². The van der Waals surface area contributed by atoms with Gasteiger partial charge in [0.25, 0.3) is 0 Å². The number of fused-ring (bicyclic) bond motifs is 4. The zero-order valence-electron chi connectivity index (χ0n) is 14.8. The second-order valence-corrected chi connectivity index (χ2v) is 7.84. The Morgan fingerprint density at radius 1 is 1.00 bits per heavy atom. The standard InChI is InChI=1S/C21H18O7/c22-12-5-3-10-16(14-8-1-2-9(7-8)15(14)21(26)27)11-4-6-13(23)18(25)20(11)28-19(10)17(12)24/h3-6,8-9,14-15,22,24-25H,1-2,7H2,(H,26,27). The Bertz CT molecular complexity index is 1160. The summed E-state index contributed by atoms with van der Waals surface area (Å²) in [6.45, 7) is 0. The van der Waals surface area contributed by atoms with E-state index in [1.807, 2.05) is 0 Å². The molecule has 4 unspecified atom stereocenters. The Labute approximate surface area is 158 Å². The number of hydrogen-bond acceptors (Lipinski definition) is 6. The van der Waals surface area contributed by atoms with Gasteiger partial charge in [-0.15, -0.1) is 0 Å². The average molecular weight is 382 g/mol. The summed E-state index contributed by atoms with van der Waals surface area (Å²) in [7, 11) is 0. The van der Waals surface area contributed by atoms with Crippen LogP contribution in [-0.4, -0.2) is 26.4 Å². The van der Waals surface area contributed by atoms with E-state index in [0.29, 0.717) is 16.5 Å². The maximum Gasteiger partial charge on any atom is 0.307 e. The van der Waals surface area contributed by atoms with E-state index in [4.69, 9.17) is 4.42 Å². The number of rotatable bonds is 2. The fourth-order valence-electron chi connectivity index (χ4n) is 5.41. The number of phenols is 3. The molecule has 2 bridgehead atoms. The summed E-state index contributed by atoms with van der Waals surface area (Å²) >= 11 is 0. The topological polar surface area (TPSA) is 128 Å². The van der Waals surface area contributed by atoms with E-state index in [1.54, 1.807) is 6.07 Å². The van der Waals surface area contributed by atoms with Crippen LogP contribution < -0.4 is 5.43 Å². The summed E-state index contributed by atoms with van der Waals surface area (Å²) in [5, 5.41) is 40.9. The van der Waals surface area contributed by atoms with Crippen LogP contribution in [0.5, 0.6) is 17.2 Å². The highest BCUT2D eigenvalue weighted by molar-refractivity contribution is 5.95. The van der Waals surface area contributed by atoms with Gasteiger partial charge in [-0.2, -0.15) is 0 Å². The highest BCUT2D eigenvalue weighted by atomic mass is 16.4. The largest absolute Gasteiger partial charge is 0.504 e. The van der Waals surface area contributed by atoms with Gasteiger partial charge in [-0.05, 0) is 60.9 Å². The molecule has 0 spiro atoms. The number of aliphatic carboxylic acids is 1. The Morgan fingerprint density at radius 3 is 2.50 bits per heavy atom. The van der Waals surface area contributed by atoms with Crippen molar-refractivity contribution in [1.29, 1.82) is 0 Å². The Kier molecular flexibility index (Phi) is 3.41. The molecule has 3 aliphatic carbocycles. The van der Waals surface area contributed by atoms with Gasteiger partial charge >= 0.3 is 5.97 Å². The molecule has 1 aromatic carbocycles. The third-order valence-electron chi connectivity index (χ3n) is 6.52. The first kappa shape index (κ1) is 16.9. The summed E-state index contributed by atoms with van der Waals surface area (Å²) in [5.41, 5.74) is 0.388. The van der Waals surface area contributed by atoms with Gasteiger partial charge in [-0.3, -0.25) is 9.59 Å². The number of carboxylic acid groups (broad SMARTS) is 1. The van der Waals surface area contributed by atoms with E-state index in [-0.39, 0.29) is 29.1 Å². The van der Waals surface area contributed by atoms with Gasteiger partial charge in [0.2, 0.25) is 16.9 Å². The molecule has 144 valence electrons. The summed E-state index contributed by atoms with van der Waals surface area (Å²) < 4.78 is 5.64. The Morgan fingerprint density at radius 2 is 1.75 bits per heavy atom. The number of aromatic hydroxyl groups is 3. The molecule has 1 heterocycles. The van der Waals surface area contributed by atoms with Crippen LogP contribution in [0.1, 0.15) is 30.7 Å². The van der Waals surface area contributed by atoms with Crippen LogP contribution in [0.4, 0.5) is 0 Å². The molecule has 1 aliphatic heterocycles. The molecule has 7 heteroatoms. The lowest BCUT2D eigenvalue weighted by Crippen LogP contribution is -2.28. The van der Waals surface area contributed by atoms with E-state index in [0.717, 1.165) is 19.3 Å². The Balaban J connectivity index is 1.91. The first-order valence-corrected chi connectivity index (χ1v) is 9.24. The van der Waals surface area contributed by atoms with E-state index in [2.05, 4.69) is 0 Å². The molecule has 28 heavy (non-hydrogen) atoms. The van der Waals surface area contributed by atoms with E-state index in [1.165, 1.54) is 18.2 Å². The maximum absolute atomic E-state index is 12.1. The van der Waals surface area contributed by atoms with Crippen molar-refractivity contribution in [2.24, 2.45) is 17.8 Å². The van der Waals surface area contributed by atoms with E-state index in [9.17, 15) is 30.0 Å². The number of carboxylic acids is 1. The molecule has 1 aromatic rings. The van der Waals surface area contributed by atoms with Crippen LogP contribution in [0.25, 0.3) is 22.3 Å². The molecule has 4 atom stereocenters. The van der Waals surface area contributed by atoms with Crippen LogP contribution >= 0.6 is 0 Å². The minimum absolute atomic E-state index is 0.0738. The number of carbonyl (C=O) groups is 1. The van der Waals surface area contributed by atoms with Crippen LogP contribution in [0, 0.1) is 17.8 Å². The molecule has 4 aliphatic rings. The Hall–Kier alpha value is -3.22. The van der Waals surface area contributed by atoms with Gasteiger partial charge in [0.05, 0.1) is 5.92 Å². The van der Waals surface area contributed by atoms with Gasteiger partial charge in [-0.25, -0.2) is 0 Å². The molecule has 5 rings (SSSR count). The first-order chi connectivity index (χ1) is 13.4. The number of hydrogen-bond donors (Lipinski definition) is 4. The summed E-state index contributed by atoms with van der Waals surface area (Å²) in [6, 6.07) is 5.67. The van der Waals surface area contributed by atoms with Gasteiger partial charge in [0, 0.05) is 16.9 Å². The molecule has 0 aromatic heterocycles. The third-order valence-corrected chi connectivity index (χ3v) is 6.52. The summed E-state index contributed by atoms with van der Waals surface area (Å²) in [4.78, 5) is 24.0. The molecule has 0 amide bonds. The van der Waals surface area contributed by atoms with Crippen LogP contribution in [0.15, 0.2) is 33.5 Å². The lowest BCUT2D eigenvalue weighted by Gasteiger charge is -2.31. The van der Waals surface area contributed by atoms with Gasteiger partial charge in [0.1, 0.15) is 0 Å². The van der Waals surface area contributed by atoms with Crippen molar-refractivity contribution >= 4 is 16.9 Å². The van der Waals surface area contributed by atoms with Crippen molar-refractivity contribution < 1.29 is 29.6 Å². The van der Waals surface area contributed by atoms with Gasteiger partial charge in [-0.1, -0.05) is 0 Å². The zero-order chi connectivity index (χ0) is 19.7. The second-order valence-electron chi connectivity index (χ2n) is 7.84. The summed E-state index contributed by atoms with van der Waals surface area (Å²) in [5.74, 6) is -3.17. The monoisotopic (exact) mass is 382 g/mol. The van der Waals surface area contributed by atoms with Crippen molar-refractivity contribution in [2.45, 2.75) is 25.2 Å². The maximum atomic E-state index is 12.1. The van der Waals surface area contributed by atoms with Crippen molar-refractivity contribution in [1.82, 2.24) is 0 Å². The van der Waals surface area contributed by atoms with Crippen molar-refractivity contribution in [3.05, 3.63) is 40.1 Å². The smallest absolute Gasteiger partial charge is 0.307 e. The molecule has 0 saturated heterocycles. The first-order valence-electron chi connectivity index (χ1n) is 9.24. The van der Waals surface area contributed by atoms with Crippen molar-refractivity contribution in [2.75, 3.05) is 0 Å². The molecule has 0 radical (unpaired) electrons. The SMILES string of the molecule is O=C(O)C1C2CCC(C2)C1c1c2ccc(=O)c(O)c-2oc2c(O)c(O)ccc12. The predicted octanol–water partition coefficient (Wildman–Crippen LogP) is 3.23. The van der Waals surface area contributed by atoms with Crippen LogP contribution in [0.2, 0.25) is 0 Å². The molecular formula is C21H18O7. The fourth-order valence-corrected chi connectivity index (χ4v) is 5.41. The quantitative estimate of drug-likeness (QED) is 0.396. The van der Waals surface area contributed by atoms with Gasteiger partial charge < -0.3 is 24.8 Å². The van der Waals surface area contributed by atoms with Crippen molar-refractivity contribution in [3.8, 4) is 28.6 Å². The normalized spacial score (nSPS) is 26.3. The highest BCUT2D eigenvalue weighted by Gasteiger charge is 2.53. The minimum atomic E-state index is -0.869. The van der Waals surface area contributed by atoms with Crippen LogP contribution in [0.3, 0.4) is 0 Å². The average Bonchev–Trinajstić information content (AvgIpc) is 3.28. The predicted molar refractivity (Wildman–Crippen MR) is 98.8 cm³/mol. The molecule has 7 nitrogen and oxygen atoms in total. The minimum Gasteiger partial charge on any atom is -0.504 e. The number of phenolic OH excluding ortho intramolecular Hbond substituents is 3. The van der Waals surface area contributed by atoms with Crippen molar-refractivity contribution in [3.63, 3.8) is 0 Å². The van der Waals surface area contributed by atoms with E-state index >= 15 is 0 Å². The zero-order valence-corrected chi connectivity index (χ0v) is 14.8. The fraction of sp³-hybridized carbons (Fsp3) is 0.333.